The van der Waals surface area contributed by atoms with Gasteiger partial charge in [0.1, 0.15) is 6.54 Å². The van der Waals surface area contributed by atoms with Gasteiger partial charge in [0, 0.05) is 9.50 Å². The number of aromatic nitrogens is 2. The van der Waals surface area contributed by atoms with Crippen molar-refractivity contribution in [1.82, 2.24) is 14.9 Å². The van der Waals surface area contributed by atoms with Crippen molar-refractivity contribution in [3.8, 4) is 0 Å². The second-order valence-electron chi connectivity index (χ2n) is 6.80. The van der Waals surface area contributed by atoms with Crippen molar-refractivity contribution in [2.45, 2.75) is 12.6 Å². The maximum absolute atomic E-state index is 12.9. The molecule has 4 aromatic rings. The minimum Gasteiger partial charge on any atom is -0.344 e. The summed E-state index contributed by atoms with van der Waals surface area (Å²) in [6.07, 6.45) is 1.40. The van der Waals surface area contributed by atoms with E-state index in [1.807, 2.05) is 48.5 Å². The Hall–Kier alpha value is -2.96. The molecule has 1 aromatic heterocycles. The molecule has 3 aromatic carbocycles. The zero-order valence-corrected chi connectivity index (χ0v) is 18.1. The predicted molar refractivity (Wildman–Crippen MR) is 122 cm³/mol. The molecule has 0 fully saturated rings. The molecule has 1 unspecified atom stereocenters. The molecule has 1 heterocycles. The lowest BCUT2D eigenvalue weighted by Gasteiger charge is -2.20. The van der Waals surface area contributed by atoms with Gasteiger partial charge in [-0.1, -0.05) is 70.0 Å². The minimum atomic E-state index is -0.366. The number of hydrogen-bond acceptors (Lipinski definition) is 3. The summed E-state index contributed by atoms with van der Waals surface area (Å²) in [5.41, 5.74) is 2.15. The number of nitrogens with one attached hydrogen (secondary N) is 1. The number of carbonyl (C=O) groups is 1. The topological polar surface area (TPSA) is 64.0 Å². The van der Waals surface area contributed by atoms with Crippen LogP contribution in [0.4, 0.5) is 0 Å². The summed E-state index contributed by atoms with van der Waals surface area (Å²) in [5, 5.41) is 4.10. The van der Waals surface area contributed by atoms with Crippen LogP contribution in [0.25, 0.3) is 10.9 Å². The lowest BCUT2D eigenvalue weighted by Crippen LogP contribution is -2.35. The van der Waals surface area contributed by atoms with E-state index in [1.165, 1.54) is 10.9 Å². The lowest BCUT2D eigenvalue weighted by molar-refractivity contribution is -0.122. The largest absolute Gasteiger partial charge is 0.344 e. The van der Waals surface area contributed by atoms with Gasteiger partial charge in [-0.2, -0.15) is 0 Å². The van der Waals surface area contributed by atoms with E-state index in [1.54, 1.807) is 24.3 Å². The van der Waals surface area contributed by atoms with Gasteiger partial charge in [0.05, 0.1) is 23.3 Å². The molecule has 30 heavy (non-hydrogen) atoms. The highest BCUT2D eigenvalue weighted by Crippen LogP contribution is 2.23. The van der Waals surface area contributed by atoms with Crippen LogP contribution in [0.2, 0.25) is 5.02 Å². The molecule has 0 radical (unpaired) electrons. The SMILES string of the molecule is O=C(Cn1cnc2ccc(Br)cc2c1=O)NC(c1ccccc1)c1ccc(Cl)cc1. The summed E-state index contributed by atoms with van der Waals surface area (Å²) in [4.78, 5) is 29.9. The number of amides is 1. The van der Waals surface area contributed by atoms with Gasteiger partial charge in [-0.05, 0) is 41.5 Å². The summed E-state index contributed by atoms with van der Waals surface area (Å²) in [6, 6.07) is 21.9. The molecule has 0 aliphatic carbocycles. The number of hydrogen-bond donors (Lipinski definition) is 1. The van der Waals surface area contributed by atoms with E-state index in [2.05, 4.69) is 26.2 Å². The number of carbonyl (C=O) groups excluding carboxylic acids is 1. The first-order valence-electron chi connectivity index (χ1n) is 9.26. The van der Waals surface area contributed by atoms with Crippen LogP contribution in [0.15, 0.2) is 88.4 Å². The van der Waals surface area contributed by atoms with E-state index in [0.717, 1.165) is 15.6 Å². The Bertz CT molecular complexity index is 1260. The highest BCUT2D eigenvalue weighted by molar-refractivity contribution is 9.10. The molecule has 1 atom stereocenters. The fourth-order valence-corrected chi connectivity index (χ4v) is 3.75. The average molecular weight is 483 g/mol. The Morgan fingerprint density at radius 1 is 1.03 bits per heavy atom. The third-order valence-corrected chi connectivity index (χ3v) is 5.49. The van der Waals surface area contributed by atoms with Crippen molar-refractivity contribution in [2.75, 3.05) is 0 Å². The average Bonchev–Trinajstić information content (AvgIpc) is 2.76. The Labute approximate surface area is 186 Å². The first kappa shape index (κ1) is 20.3. The summed E-state index contributed by atoms with van der Waals surface area (Å²) < 4.78 is 2.09. The Morgan fingerprint density at radius 2 is 1.73 bits per heavy atom. The number of halogens is 2. The maximum atomic E-state index is 12.9. The van der Waals surface area contributed by atoms with Crippen molar-refractivity contribution in [2.24, 2.45) is 0 Å². The number of fused-ring (bicyclic) bond motifs is 1. The molecule has 0 saturated heterocycles. The molecule has 0 aliphatic heterocycles. The van der Waals surface area contributed by atoms with Crippen LogP contribution in [0.5, 0.6) is 0 Å². The molecule has 0 spiro atoms. The molecule has 0 saturated carbocycles. The third kappa shape index (κ3) is 4.45. The molecule has 4 rings (SSSR count). The van der Waals surface area contributed by atoms with E-state index in [-0.39, 0.29) is 24.1 Å². The van der Waals surface area contributed by atoms with Crippen LogP contribution in [-0.2, 0) is 11.3 Å². The molecular weight excluding hydrogens is 466 g/mol. The van der Waals surface area contributed by atoms with Crippen molar-refractivity contribution < 1.29 is 4.79 Å². The summed E-state index contributed by atoms with van der Waals surface area (Å²) >= 11 is 9.38. The molecule has 1 amide bonds. The molecular formula is C23H17BrClN3O2. The van der Waals surface area contributed by atoms with Gasteiger partial charge in [-0.3, -0.25) is 14.2 Å². The van der Waals surface area contributed by atoms with Gasteiger partial charge >= 0.3 is 0 Å². The molecule has 5 nitrogen and oxygen atoms in total. The van der Waals surface area contributed by atoms with Crippen LogP contribution in [0.1, 0.15) is 17.2 Å². The fourth-order valence-electron chi connectivity index (χ4n) is 3.26. The van der Waals surface area contributed by atoms with Gasteiger partial charge in [0.15, 0.2) is 0 Å². The second-order valence-corrected chi connectivity index (χ2v) is 8.15. The monoisotopic (exact) mass is 481 g/mol. The first-order chi connectivity index (χ1) is 14.5. The zero-order chi connectivity index (χ0) is 21.1. The van der Waals surface area contributed by atoms with Crippen LogP contribution >= 0.6 is 27.5 Å². The smallest absolute Gasteiger partial charge is 0.261 e. The standard InChI is InChI=1S/C23H17BrClN3O2/c24-17-8-11-20-19(12-17)23(30)28(14-26-20)13-21(29)27-22(15-4-2-1-3-5-15)16-6-9-18(25)10-7-16/h1-12,14,22H,13H2,(H,27,29). The van der Waals surface area contributed by atoms with Crippen molar-refractivity contribution in [3.05, 3.63) is 110 Å². The van der Waals surface area contributed by atoms with Crippen LogP contribution in [0, 0.1) is 0 Å². The predicted octanol–water partition coefficient (Wildman–Crippen LogP) is 4.72. The molecule has 1 N–H and O–H groups in total. The van der Waals surface area contributed by atoms with E-state index < -0.39 is 0 Å². The highest BCUT2D eigenvalue weighted by atomic mass is 79.9. The quantitative estimate of drug-likeness (QED) is 0.448. The number of benzene rings is 3. The Kier molecular flexibility index (Phi) is 5.97. The molecule has 0 bridgehead atoms. The number of rotatable bonds is 5. The molecule has 7 heteroatoms. The minimum absolute atomic E-state index is 0.134. The summed E-state index contributed by atoms with van der Waals surface area (Å²) in [5.74, 6) is -0.294. The van der Waals surface area contributed by atoms with Crippen LogP contribution < -0.4 is 10.9 Å². The van der Waals surface area contributed by atoms with E-state index in [9.17, 15) is 9.59 Å². The Balaban J connectivity index is 1.62. The maximum Gasteiger partial charge on any atom is 0.261 e. The van der Waals surface area contributed by atoms with Gasteiger partial charge in [0.2, 0.25) is 5.91 Å². The first-order valence-corrected chi connectivity index (χ1v) is 10.4. The van der Waals surface area contributed by atoms with E-state index in [4.69, 9.17) is 11.6 Å². The van der Waals surface area contributed by atoms with Gasteiger partial charge < -0.3 is 5.32 Å². The zero-order valence-electron chi connectivity index (χ0n) is 15.8. The van der Waals surface area contributed by atoms with E-state index in [0.29, 0.717) is 15.9 Å². The normalized spacial score (nSPS) is 11.9. The number of nitrogens with zero attached hydrogens (tertiary/aromatic N) is 2. The molecule has 150 valence electrons. The lowest BCUT2D eigenvalue weighted by atomic mass is 9.98. The Morgan fingerprint density at radius 3 is 2.47 bits per heavy atom. The second kappa shape index (κ2) is 8.81. The van der Waals surface area contributed by atoms with Gasteiger partial charge in [0.25, 0.3) is 5.56 Å². The highest BCUT2D eigenvalue weighted by Gasteiger charge is 2.18. The third-order valence-electron chi connectivity index (χ3n) is 4.74. The van der Waals surface area contributed by atoms with Crippen LogP contribution in [0.3, 0.4) is 0 Å². The van der Waals surface area contributed by atoms with Crippen molar-refractivity contribution in [1.29, 1.82) is 0 Å². The van der Waals surface area contributed by atoms with Crippen molar-refractivity contribution >= 4 is 44.3 Å². The van der Waals surface area contributed by atoms with Gasteiger partial charge in [-0.15, -0.1) is 0 Å². The van der Waals surface area contributed by atoms with Crippen LogP contribution in [-0.4, -0.2) is 15.5 Å². The van der Waals surface area contributed by atoms with Crippen molar-refractivity contribution in [3.63, 3.8) is 0 Å². The van der Waals surface area contributed by atoms with Gasteiger partial charge in [-0.25, -0.2) is 4.98 Å². The summed E-state index contributed by atoms with van der Waals surface area (Å²) in [7, 11) is 0. The van der Waals surface area contributed by atoms with E-state index >= 15 is 0 Å². The molecule has 0 aliphatic rings. The fraction of sp³-hybridized carbons (Fsp3) is 0.0870. The summed E-state index contributed by atoms with van der Waals surface area (Å²) in [6.45, 7) is -0.134.